The zero-order chi connectivity index (χ0) is 22.9. The van der Waals surface area contributed by atoms with Crippen LogP contribution in [0, 0.1) is 11.6 Å². The Balaban J connectivity index is 1.62. The van der Waals surface area contributed by atoms with Gasteiger partial charge in [-0.05, 0) is 48.9 Å². The van der Waals surface area contributed by atoms with Crippen molar-refractivity contribution in [1.82, 2.24) is 19.6 Å². The molecule has 0 spiro atoms. The summed E-state index contributed by atoms with van der Waals surface area (Å²) in [7, 11) is 0. The first-order chi connectivity index (χ1) is 15.2. The summed E-state index contributed by atoms with van der Waals surface area (Å²) in [6.45, 7) is -1.87. The Bertz CT molecular complexity index is 1250. The van der Waals surface area contributed by atoms with Crippen LogP contribution in [0.2, 0.25) is 0 Å². The van der Waals surface area contributed by atoms with Gasteiger partial charge in [0.25, 0.3) is 0 Å². The number of halogens is 4. The molecular formula is C21H16F4N4O3. The molecule has 0 aliphatic carbocycles. The van der Waals surface area contributed by atoms with Gasteiger partial charge < -0.3 is 14.6 Å². The molecule has 0 fully saturated rings. The molecule has 1 atom stereocenters. The summed E-state index contributed by atoms with van der Waals surface area (Å²) in [6.07, 6.45) is 2.81. The predicted molar refractivity (Wildman–Crippen MR) is 104 cm³/mol. The predicted octanol–water partition coefficient (Wildman–Crippen LogP) is 3.96. The first kappa shape index (κ1) is 21.5. The second-order valence-electron chi connectivity index (χ2n) is 7.06. The average Bonchev–Trinajstić information content (AvgIpc) is 3.19. The van der Waals surface area contributed by atoms with Gasteiger partial charge in [0.15, 0.2) is 23.1 Å². The number of aliphatic hydroxyl groups is 1. The van der Waals surface area contributed by atoms with E-state index in [9.17, 15) is 22.7 Å². The largest absolute Gasteiger partial charge is 0.474 e. The molecule has 1 N–H and O–H groups in total. The monoisotopic (exact) mass is 448 g/mol. The zero-order valence-electron chi connectivity index (χ0n) is 16.5. The van der Waals surface area contributed by atoms with Gasteiger partial charge in [-0.1, -0.05) is 6.07 Å². The standard InChI is InChI=1S/C21H16F4N4O3/c1-21(30,13-4-7-15(22)16(23)8-13)11-31-18-10-26-9-17-27-28-19(29(17)18)12-2-5-14(6-3-12)32-20(24)25/h2-10,20,30H,11H2,1H3. The molecule has 0 saturated carbocycles. The number of nitrogens with zero attached hydrogens (tertiary/aromatic N) is 4. The molecule has 0 amide bonds. The lowest BCUT2D eigenvalue weighted by Crippen LogP contribution is -2.30. The second kappa shape index (κ2) is 8.42. The van der Waals surface area contributed by atoms with Crippen LogP contribution in [0.25, 0.3) is 17.0 Å². The number of benzene rings is 2. The lowest BCUT2D eigenvalue weighted by Gasteiger charge is -2.24. The molecule has 0 radical (unpaired) electrons. The van der Waals surface area contributed by atoms with E-state index in [2.05, 4.69) is 19.9 Å². The molecule has 4 aromatic rings. The molecule has 2 heterocycles. The van der Waals surface area contributed by atoms with Gasteiger partial charge in [-0.3, -0.25) is 4.98 Å². The Morgan fingerprint density at radius 1 is 1.03 bits per heavy atom. The Labute approximate surface area is 178 Å². The van der Waals surface area contributed by atoms with Gasteiger partial charge in [-0.25, -0.2) is 13.2 Å². The maximum atomic E-state index is 13.6. The van der Waals surface area contributed by atoms with Gasteiger partial charge in [-0.2, -0.15) is 8.78 Å². The van der Waals surface area contributed by atoms with Crippen LogP contribution in [-0.4, -0.2) is 37.9 Å². The molecule has 166 valence electrons. The van der Waals surface area contributed by atoms with Crippen molar-refractivity contribution < 1.29 is 32.1 Å². The SMILES string of the molecule is CC(O)(COc1cncc2nnc(-c3ccc(OC(F)F)cc3)n12)c1ccc(F)c(F)c1. The Morgan fingerprint density at radius 2 is 1.78 bits per heavy atom. The summed E-state index contributed by atoms with van der Waals surface area (Å²) in [5.41, 5.74) is -0.672. The van der Waals surface area contributed by atoms with Gasteiger partial charge in [0.1, 0.15) is 18.0 Å². The molecule has 11 heteroatoms. The molecule has 0 aliphatic rings. The van der Waals surface area contributed by atoms with Crippen LogP contribution in [-0.2, 0) is 5.60 Å². The van der Waals surface area contributed by atoms with E-state index in [1.54, 1.807) is 0 Å². The molecule has 7 nitrogen and oxygen atoms in total. The highest BCUT2D eigenvalue weighted by Gasteiger charge is 2.26. The molecule has 32 heavy (non-hydrogen) atoms. The van der Waals surface area contributed by atoms with Crippen molar-refractivity contribution in [3.63, 3.8) is 0 Å². The fourth-order valence-electron chi connectivity index (χ4n) is 3.03. The number of hydrogen-bond donors (Lipinski definition) is 1. The highest BCUT2D eigenvalue weighted by molar-refractivity contribution is 5.61. The summed E-state index contributed by atoms with van der Waals surface area (Å²) in [5.74, 6) is -1.64. The van der Waals surface area contributed by atoms with Crippen molar-refractivity contribution in [1.29, 1.82) is 0 Å². The number of fused-ring (bicyclic) bond motifs is 1. The first-order valence-corrected chi connectivity index (χ1v) is 9.30. The van der Waals surface area contributed by atoms with Crippen molar-refractivity contribution >= 4 is 5.65 Å². The minimum Gasteiger partial charge on any atom is -0.474 e. The van der Waals surface area contributed by atoms with Gasteiger partial charge in [0.2, 0.25) is 5.88 Å². The van der Waals surface area contributed by atoms with Crippen LogP contribution in [0.1, 0.15) is 12.5 Å². The van der Waals surface area contributed by atoms with Crippen LogP contribution in [0.15, 0.2) is 54.9 Å². The normalized spacial score (nSPS) is 13.3. The molecule has 0 bridgehead atoms. The summed E-state index contributed by atoms with van der Waals surface area (Å²) in [6, 6.07) is 8.83. The molecule has 4 rings (SSSR count). The van der Waals surface area contributed by atoms with Crippen LogP contribution >= 0.6 is 0 Å². The first-order valence-electron chi connectivity index (χ1n) is 9.30. The smallest absolute Gasteiger partial charge is 0.387 e. The quantitative estimate of drug-likeness (QED) is 0.431. The minimum atomic E-state index is -2.94. The number of rotatable bonds is 7. The highest BCUT2D eigenvalue weighted by atomic mass is 19.3. The van der Waals surface area contributed by atoms with E-state index in [1.165, 1.54) is 54.0 Å². The van der Waals surface area contributed by atoms with E-state index in [0.29, 0.717) is 17.0 Å². The fraction of sp³-hybridized carbons (Fsp3) is 0.190. The van der Waals surface area contributed by atoms with E-state index >= 15 is 0 Å². The van der Waals surface area contributed by atoms with Crippen LogP contribution in [0.5, 0.6) is 11.6 Å². The molecule has 2 aromatic heterocycles. The van der Waals surface area contributed by atoms with E-state index in [0.717, 1.165) is 12.1 Å². The van der Waals surface area contributed by atoms with Crippen LogP contribution in [0.3, 0.4) is 0 Å². The average molecular weight is 448 g/mol. The molecule has 0 aliphatic heterocycles. The lowest BCUT2D eigenvalue weighted by atomic mass is 9.97. The van der Waals surface area contributed by atoms with Crippen LogP contribution < -0.4 is 9.47 Å². The van der Waals surface area contributed by atoms with Crippen molar-refractivity contribution in [3.05, 3.63) is 72.1 Å². The molecule has 2 aromatic carbocycles. The third kappa shape index (κ3) is 4.33. The lowest BCUT2D eigenvalue weighted by molar-refractivity contribution is -0.0498. The summed E-state index contributed by atoms with van der Waals surface area (Å²) in [5, 5.41) is 18.8. The third-order valence-electron chi connectivity index (χ3n) is 4.66. The van der Waals surface area contributed by atoms with E-state index < -0.39 is 23.8 Å². The number of ether oxygens (including phenoxy) is 2. The molecule has 0 saturated heterocycles. The molecule has 1 unspecified atom stereocenters. The van der Waals surface area contributed by atoms with E-state index in [-0.39, 0.29) is 23.8 Å². The summed E-state index contributed by atoms with van der Waals surface area (Å²) >= 11 is 0. The maximum Gasteiger partial charge on any atom is 0.387 e. The third-order valence-corrected chi connectivity index (χ3v) is 4.66. The number of hydrogen-bond acceptors (Lipinski definition) is 6. The fourth-order valence-corrected chi connectivity index (χ4v) is 3.03. The Hall–Kier alpha value is -3.73. The second-order valence-corrected chi connectivity index (χ2v) is 7.06. The van der Waals surface area contributed by atoms with Crippen molar-refractivity contribution in [2.75, 3.05) is 6.61 Å². The van der Waals surface area contributed by atoms with Gasteiger partial charge in [0, 0.05) is 5.56 Å². The Morgan fingerprint density at radius 3 is 2.47 bits per heavy atom. The van der Waals surface area contributed by atoms with Crippen molar-refractivity contribution in [3.8, 4) is 23.0 Å². The zero-order valence-corrected chi connectivity index (χ0v) is 16.5. The van der Waals surface area contributed by atoms with E-state index in [4.69, 9.17) is 4.74 Å². The summed E-state index contributed by atoms with van der Waals surface area (Å²) in [4.78, 5) is 4.02. The van der Waals surface area contributed by atoms with Gasteiger partial charge in [0.05, 0.1) is 12.4 Å². The van der Waals surface area contributed by atoms with Gasteiger partial charge in [-0.15, -0.1) is 10.2 Å². The minimum absolute atomic E-state index is 0.0155. The topological polar surface area (TPSA) is 81.8 Å². The number of aromatic nitrogens is 4. The van der Waals surface area contributed by atoms with Crippen molar-refractivity contribution in [2.24, 2.45) is 0 Å². The van der Waals surface area contributed by atoms with E-state index in [1.807, 2.05) is 0 Å². The maximum absolute atomic E-state index is 13.6. The highest BCUT2D eigenvalue weighted by Crippen LogP contribution is 2.28. The van der Waals surface area contributed by atoms with Crippen LogP contribution in [0.4, 0.5) is 17.6 Å². The Kier molecular flexibility index (Phi) is 5.66. The summed E-state index contributed by atoms with van der Waals surface area (Å²) < 4.78 is 63.1. The van der Waals surface area contributed by atoms with Gasteiger partial charge >= 0.3 is 6.61 Å². The van der Waals surface area contributed by atoms with Crippen molar-refractivity contribution in [2.45, 2.75) is 19.1 Å². The number of alkyl halides is 2. The molecular weight excluding hydrogens is 432 g/mol.